The van der Waals surface area contributed by atoms with Crippen molar-refractivity contribution in [2.75, 3.05) is 5.73 Å². The number of rotatable bonds is 6. The van der Waals surface area contributed by atoms with Gasteiger partial charge in [0.1, 0.15) is 0 Å². The summed E-state index contributed by atoms with van der Waals surface area (Å²) in [6, 6.07) is 0. The lowest BCUT2D eigenvalue weighted by molar-refractivity contribution is 0.425. The summed E-state index contributed by atoms with van der Waals surface area (Å²) < 4.78 is 4.97. The minimum Gasteiger partial charge on any atom is -0.367 e. The van der Waals surface area contributed by atoms with Crippen LogP contribution in [-0.4, -0.2) is 5.16 Å². The highest BCUT2D eigenvalue weighted by molar-refractivity contribution is 5.38. The average Bonchev–Trinajstić information content (AvgIpc) is 2.54. The zero-order chi connectivity index (χ0) is 10.4. The number of nitrogens with zero attached hydrogens (tertiary/aromatic N) is 1. The lowest BCUT2D eigenvalue weighted by Gasteiger charge is -1.98. The fourth-order valence-corrected chi connectivity index (χ4v) is 1.65. The Bertz CT molecular complexity index is 268. The zero-order valence-electron chi connectivity index (χ0n) is 9.18. The normalized spacial score (nSPS) is 10.7. The van der Waals surface area contributed by atoms with Gasteiger partial charge >= 0.3 is 0 Å². The lowest BCUT2D eigenvalue weighted by Crippen LogP contribution is -1.94. The summed E-state index contributed by atoms with van der Waals surface area (Å²) >= 11 is 0. The van der Waals surface area contributed by atoms with Crippen molar-refractivity contribution in [2.45, 2.75) is 52.4 Å². The van der Waals surface area contributed by atoms with Gasteiger partial charge in [0.05, 0.1) is 5.69 Å². The average molecular weight is 196 g/mol. The van der Waals surface area contributed by atoms with Crippen LogP contribution in [0, 0.1) is 0 Å². The summed E-state index contributed by atoms with van der Waals surface area (Å²) in [6.45, 7) is 4.30. The first-order valence-electron chi connectivity index (χ1n) is 5.52. The molecule has 0 aliphatic heterocycles. The number of nitrogen functional groups attached to an aromatic ring is 1. The first kappa shape index (κ1) is 11.1. The molecular formula is C11H20N2O. The maximum Gasteiger partial charge on any atom is 0.225 e. The van der Waals surface area contributed by atoms with Crippen LogP contribution in [0.4, 0.5) is 5.88 Å². The van der Waals surface area contributed by atoms with Crippen molar-refractivity contribution in [1.82, 2.24) is 5.16 Å². The van der Waals surface area contributed by atoms with Crippen LogP contribution in [0.3, 0.4) is 0 Å². The van der Waals surface area contributed by atoms with E-state index >= 15 is 0 Å². The molecule has 1 rings (SSSR count). The Kier molecular flexibility index (Phi) is 4.50. The molecule has 0 aliphatic rings. The molecule has 0 amide bonds. The predicted molar refractivity (Wildman–Crippen MR) is 58.1 cm³/mol. The number of anilines is 1. The number of hydrogen-bond donors (Lipinski definition) is 1. The van der Waals surface area contributed by atoms with Crippen LogP contribution in [0.1, 0.15) is 50.8 Å². The van der Waals surface area contributed by atoms with Gasteiger partial charge in [-0.25, -0.2) is 0 Å². The molecule has 0 saturated heterocycles. The van der Waals surface area contributed by atoms with E-state index in [0.29, 0.717) is 5.88 Å². The molecule has 0 fully saturated rings. The summed E-state index contributed by atoms with van der Waals surface area (Å²) in [7, 11) is 0. The fraction of sp³-hybridized carbons (Fsp3) is 0.727. The first-order chi connectivity index (χ1) is 6.79. The first-order valence-corrected chi connectivity index (χ1v) is 5.52. The van der Waals surface area contributed by atoms with Gasteiger partial charge in [0.2, 0.25) is 5.88 Å². The van der Waals surface area contributed by atoms with E-state index in [-0.39, 0.29) is 0 Å². The van der Waals surface area contributed by atoms with E-state index < -0.39 is 0 Å². The molecule has 14 heavy (non-hydrogen) atoms. The Labute approximate surface area is 85.7 Å². The largest absolute Gasteiger partial charge is 0.367 e. The van der Waals surface area contributed by atoms with Crippen molar-refractivity contribution >= 4 is 5.88 Å². The van der Waals surface area contributed by atoms with Crippen molar-refractivity contribution in [3.05, 3.63) is 11.3 Å². The van der Waals surface area contributed by atoms with Gasteiger partial charge in [-0.3, -0.25) is 0 Å². The van der Waals surface area contributed by atoms with Gasteiger partial charge < -0.3 is 10.3 Å². The summed E-state index contributed by atoms with van der Waals surface area (Å²) in [5, 5.41) is 3.98. The highest BCUT2D eigenvalue weighted by Gasteiger charge is 2.10. The third kappa shape index (κ3) is 2.76. The number of nitrogens with two attached hydrogens (primary N) is 1. The second kappa shape index (κ2) is 5.68. The van der Waals surface area contributed by atoms with E-state index in [2.05, 4.69) is 19.0 Å². The van der Waals surface area contributed by atoms with Crippen molar-refractivity contribution in [3.63, 3.8) is 0 Å². The molecule has 0 aromatic carbocycles. The molecule has 0 unspecified atom stereocenters. The number of aryl methyl sites for hydroxylation is 1. The fourth-order valence-electron chi connectivity index (χ4n) is 1.65. The van der Waals surface area contributed by atoms with E-state index in [1.165, 1.54) is 25.7 Å². The Hall–Kier alpha value is -0.990. The highest BCUT2D eigenvalue weighted by Crippen LogP contribution is 2.19. The standard InChI is InChI=1S/C11H20N2O/c1-3-5-6-7-8-10-9(4-2)11(12)14-13-10/h3-8,12H2,1-2H3. The smallest absolute Gasteiger partial charge is 0.225 e. The van der Waals surface area contributed by atoms with Crippen LogP contribution in [0.2, 0.25) is 0 Å². The van der Waals surface area contributed by atoms with Crippen molar-refractivity contribution < 1.29 is 4.52 Å². The molecule has 1 heterocycles. The lowest BCUT2D eigenvalue weighted by atomic mass is 10.1. The van der Waals surface area contributed by atoms with Gasteiger partial charge in [-0.15, -0.1) is 0 Å². The van der Waals surface area contributed by atoms with Crippen LogP contribution >= 0.6 is 0 Å². The maximum absolute atomic E-state index is 5.65. The van der Waals surface area contributed by atoms with Gasteiger partial charge in [-0.2, -0.15) is 0 Å². The second-order valence-corrected chi connectivity index (χ2v) is 3.64. The van der Waals surface area contributed by atoms with Crippen LogP contribution in [0.15, 0.2) is 4.52 Å². The highest BCUT2D eigenvalue weighted by atomic mass is 16.5. The van der Waals surface area contributed by atoms with Gasteiger partial charge in [0.15, 0.2) is 0 Å². The molecule has 3 nitrogen and oxygen atoms in total. The molecule has 0 aliphatic carbocycles. The van der Waals surface area contributed by atoms with Crippen molar-refractivity contribution in [3.8, 4) is 0 Å². The van der Waals surface area contributed by atoms with Gasteiger partial charge in [-0.1, -0.05) is 38.3 Å². The molecule has 0 bridgehead atoms. The van der Waals surface area contributed by atoms with E-state index in [1.54, 1.807) is 0 Å². The minimum absolute atomic E-state index is 0.498. The molecule has 1 aromatic rings. The molecule has 0 saturated carbocycles. The van der Waals surface area contributed by atoms with Gasteiger partial charge in [0, 0.05) is 5.56 Å². The molecule has 0 radical (unpaired) electrons. The third-order valence-electron chi connectivity index (χ3n) is 2.52. The van der Waals surface area contributed by atoms with Crippen LogP contribution in [-0.2, 0) is 12.8 Å². The van der Waals surface area contributed by atoms with Crippen LogP contribution in [0.5, 0.6) is 0 Å². The maximum atomic E-state index is 5.65. The summed E-state index contributed by atoms with van der Waals surface area (Å²) in [5.41, 5.74) is 7.81. The quantitative estimate of drug-likeness (QED) is 0.712. The predicted octanol–water partition coefficient (Wildman–Crippen LogP) is 2.94. The Morgan fingerprint density at radius 2 is 2.00 bits per heavy atom. The van der Waals surface area contributed by atoms with E-state index in [4.69, 9.17) is 10.3 Å². The zero-order valence-corrected chi connectivity index (χ0v) is 9.18. The third-order valence-corrected chi connectivity index (χ3v) is 2.52. The molecule has 80 valence electrons. The molecule has 0 atom stereocenters. The van der Waals surface area contributed by atoms with Crippen LogP contribution < -0.4 is 5.73 Å². The van der Waals surface area contributed by atoms with E-state index in [9.17, 15) is 0 Å². The topological polar surface area (TPSA) is 52.0 Å². The Balaban J connectivity index is 2.42. The van der Waals surface area contributed by atoms with E-state index in [1.807, 2.05) is 0 Å². The Morgan fingerprint density at radius 3 is 2.64 bits per heavy atom. The van der Waals surface area contributed by atoms with E-state index in [0.717, 1.165) is 24.1 Å². The molecule has 2 N–H and O–H groups in total. The molecule has 1 aromatic heterocycles. The molecular weight excluding hydrogens is 176 g/mol. The minimum atomic E-state index is 0.498. The Morgan fingerprint density at radius 1 is 1.21 bits per heavy atom. The number of hydrogen-bond acceptors (Lipinski definition) is 3. The summed E-state index contributed by atoms with van der Waals surface area (Å²) in [6.07, 6.45) is 6.94. The second-order valence-electron chi connectivity index (χ2n) is 3.64. The molecule has 3 heteroatoms. The van der Waals surface area contributed by atoms with Gasteiger partial charge in [-0.05, 0) is 19.3 Å². The van der Waals surface area contributed by atoms with Crippen molar-refractivity contribution in [2.24, 2.45) is 0 Å². The number of aromatic nitrogens is 1. The van der Waals surface area contributed by atoms with Crippen molar-refractivity contribution in [1.29, 1.82) is 0 Å². The monoisotopic (exact) mass is 196 g/mol. The molecule has 0 spiro atoms. The number of unbranched alkanes of at least 4 members (excludes halogenated alkanes) is 3. The van der Waals surface area contributed by atoms with Gasteiger partial charge in [0.25, 0.3) is 0 Å². The van der Waals surface area contributed by atoms with Crippen LogP contribution in [0.25, 0.3) is 0 Å². The SMILES string of the molecule is CCCCCCc1noc(N)c1CC. The summed E-state index contributed by atoms with van der Waals surface area (Å²) in [5.74, 6) is 0.498. The summed E-state index contributed by atoms with van der Waals surface area (Å²) in [4.78, 5) is 0.